The van der Waals surface area contributed by atoms with E-state index < -0.39 is 23.6 Å². The Bertz CT molecular complexity index is 820. The molecule has 0 aliphatic rings. The molecule has 2 aromatic carbocycles. The lowest BCUT2D eigenvalue weighted by atomic mass is 9.99. The van der Waals surface area contributed by atoms with E-state index >= 15 is 0 Å². The summed E-state index contributed by atoms with van der Waals surface area (Å²) >= 11 is 0. The lowest BCUT2D eigenvalue weighted by Crippen LogP contribution is -2.31. The molecular weight excluding hydrogens is 365 g/mol. The molecule has 0 spiro atoms. The van der Waals surface area contributed by atoms with Crippen LogP contribution in [0.15, 0.2) is 42.5 Å². The smallest absolute Gasteiger partial charge is 0.312 e. The lowest BCUT2D eigenvalue weighted by molar-refractivity contribution is -0.138. The molecule has 0 heterocycles. The molecule has 1 atom stereocenters. The summed E-state index contributed by atoms with van der Waals surface area (Å²) in [7, 11) is 1.48. The topological polar surface area (TPSA) is 84.9 Å². The van der Waals surface area contributed by atoms with Gasteiger partial charge in [-0.1, -0.05) is 26.0 Å². The number of carbonyl (C=O) groups is 2. The van der Waals surface area contributed by atoms with Crippen LogP contribution < -0.4 is 14.8 Å². The van der Waals surface area contributed by atoms with E-state index in [1.807, 2.05) is 13.8 Å². The molecular formula is C21H24FNO5. The van der Waals surface area contributed by atoms with Gasteiger partial charge in [0, 0.05) is 12.1 Å². The number of carbonyl (C=O) groups excluding carboxylic acids is 1. The monoisotopic (exact) mass is 389 g/mol. The van der Waals surface area contributed by atoms with Gasteiger partial charge in [-0.2, -0.15) is 0 Å². The third-order valence-corrected chi connectivity index (χ3v) is 4.04. The van der Waals surface area contributed by atoms with Crippen molar-refractivity contribution in [3.63, 3.8) is 0 Å². The highest BCUT2D eigenvalue weighted by molar-refractivity contribution is 5.95. The average molecular weight is 389 g/mol. The van der Waals surface area contributed by atoms with Crippen LogP contribution >= 0.6 is 0 Å². The Morgan fingerprint density at radius 3 is 2.36 bits per heavy atom. The lowest BCUT2D eigenvalue weighted by Gasteiger charge is -2.15. The van der Waals surface area contributed by atoms with E-state index in [1.165, 1.54) is 31.4 Å². The standard InChI is InChI=1S/C21H24FNO5/c1-13(2)12-28-18-9-6-15(10-19(18)27-3)20(24)23-11-17(21(25)26)14-4-7-16(22)8-5-14/h4-10,13,17H,11-12H2,1-3H3,(H,23,24)(H,25,26). The molecule has 0 aliphatic carbocycles. The summed E-state index contributed by atoms with van der Waals surface area (Å²) in [5.41, 5.74) is 0.723. The van der Waals surface area contributed by atoms with Crippen LogP contribution in [0.1, 0.15) is 35.7 Å². The highest BCUT2D eigenvalue weighted by Crippen LogP contribution is 2.28. The molecule has 2 N–H and O–H groups in total. The maximum Gasteiger partial charge on any atom is 0.312 e. The molecule has 1 unspecified atom stereocenters. The zero-order valence-corrected chi connectivity index (χ0v) is 16.1. The highest BCUT2D eigenvalue weighted by Gasteiger charge is 2.21. The molecule has 0 aliphatic heterocycles. The van der Waals surface area contributed by atoms with Crippen molar-refractivity contribution >= 4 is 11.9 Å². The van der Waals surface area contributed by atoms with Crippen LogP contribution in [0.5, 0.6) is 11.5 Å². The van der Waals surface area contributed by atoms with Gasteiger partial charge < -0.3 is 19.9 Å². The molecule has 2 aromatic rings. The Balaban J connectivity index is 2.08. The summed E-state index contributed by atoms with van der Waals surface area (Å²) in [6.45, 7) is 4.43. The number of rotatable bonds is 9. The van der Waals surface area contributed by atoms with Crippen molar-refractivity contribution < 1.29 is 28.6 Å². The Kier molecular flexibility index (Phi) is 7.37. The van der Waals surface area contributed by atoms with Crippen LogP contribution in [0, 0.1) is 11.7 Å². The van der Waals surface area contributed by atoms with Crippen LogP contribution in [0.4, 0.5) is 4.39 Å². The second kappa shape index (κ2) is 9.73. The number of hydrogen-bond donors (Lipinski definition) is 2. The number of ether oxygens (including phenoxy) is 2. The second-order valence-corrected chi connectivity index (χ2v) is 6.72. The molecule has 0 fully saturated rings. The van der Waals surface area contributed by atoms with E-state index in [4.69, 9.17) is 9.47 Å². The minimum atomic E-state index is -1.11. The van der Waals surface area contributed by atoms with Crippen LogP contribution in [-0.4, -0.2) is 37.2 Å². The summed E-state index contributed by atoms with van der Waals surface area (Å²) in [6.07, 6.45) is 0. The Morgan fingerprint density at radius 2 is 1.79 bits per heavy atom. The van der Waals surface area contributed by atoms with Gasteiger partial charge in [0.25, 0.3) is 5.91 Å². The molecule has 0 aromatic heterocycles. The van der Waals surface area contributed by atoms with E-state index in [-0.39, 0.29) is 6.54 Å². The van der Waals surface area contributed by atoms with E-state index in [2.05, 4.69) is 5.32 Å². The SMILES string of the molecule is COc1cc(C(=O)NCC(C(=O)O)c2ccc(F)cc2)ccc1OCC(C)C. The molecule has 2 rings (SSSR count). The van der Waals surface area contributed by atoms with Crippen molar-refractivity contribution in [3.05, 3.63) is 59.4 Å². The molecule has 0 bridgehead atoms. The van der Waals surface area contributed by atoms with Gasteiger partial charge in [0.05, 0.1) is 19.6 Å². The third kappa shape index (κ3) is 5.70. The van der Waals surface area contributed by atoms with Crippen molar-refractivity contribution in [2.24, 2.45) is 5.92 Å². The number of hydrogen-bond acceptors (Lipinski definition) is 4. The molecule has 28 heavy (non-hydrogen) atoms. The van der Waals surface area contributed by atoms with E-state index in [1.54, 1.807) is 18.2 Å². The molecule has 6 nitrogen and oxygen atoms in total. The van der Waals surface area contributed by atoms with Gasteiger partial charge in [-0.15, -0.1) is 0 Å². The number of carboxylic acids is 1. The first-order chi connectivity index (χ1) is 13.3. The summed E-state index contributed by atoms with van der Waals surface area (Å²) in [5.74, 6) is -1.70. The van der Waals surface area contributed by atoms with Gasteiger partial charge in [0.2, 0.25) is 0 Å². The van der Waals surface area contributed by atoms with Gasteiger partial charge in [-0.25, -0.2) is 4.39 Å². The van der Waals surface area contributed by atoms with Gasteiger partial charge in [-0.3, -0.25) is 9.59 Å². The zero-order chi connectivity index (χ0) is 20.7. The number of aliphatic carboxylic acids is 1. The molecule has 0 radical (unpaired) electrons. The molecule has 0 saturated carbocycles. The summed E-state index contributed by atoms with van der Waals surface area (Å²) in [6, 6.07) is 9.93. The van der Waals surface area contributed by atoms with E-state index in [0.29, 0.717) is 35.2 Å². The maximum absolute atomic E-state index is 13.1. The van der Waals surface area contributed by atoms with Crippen LogP contribution in [0.2, 0.25) is 0 Å². The number of amides is 1. The summed E-state index contributed by atoms with van der Waals surface area (Å²) in [5, 5.41) is 12.0. The van der Waals surface area contributed by atoms with E-state index in [9.17, 15) is 19.1 Å². The minimum absolute atomic E-state index is 0.131. The fourth-order valence-corrected chi connectivity index (χ4v) is 2.52. The Morgan fingerprint density at radius 1 is 1.11 bits per heavy atom. The molecule has 1 amide bonds. The van der Waals surface area contributed by atoms with Gasteiger partial charge in [-0.05, 0) is 41.8 Å². The van der Waals surface area contributed by atoms with Crippen molar-refractivity contribution in [3.8, 4) is 11.5 Å². The van der Waals surface area contributed by atoms with Gasteiger partial charge >= 0.3 is 5.97 Å². The predicted octanol–water partition coefficient (Wildman–Crippen LogP) is 3.47. The highest BCUT2D eigenvalue weighted by atomic mass is 19.1. The normalized spacial score (nSPS) is 11.8. The Labute approximate surface area is 163 Å². The largest absolute Gasteiger partial charge is 0.493 e. The van der Waals surface area contributed by atoms with Crippen LogP contribution in [0.3, 0.4) is 0 Å². The number of halogens is 1. The molecule has 150 valence electrons. The van der Waals surface area contributed by atoms with Crippen molar-refractivity contribution in [1.82, 2.24) is 5.32 Å². The van der Waals surface area contributed by atoms with Crippen molar-refractivity contribution in [2.75, 3.05) is 20.3 Å². The number of nitrogens with one attached hydrogen (secondary N) is 1. The fraction of sp³-hybridized carbons (Fsp3) is 0.333. The minimum Gasteiger partial charge on any atom is -0.493 e. The average Bonchev–Trinajstić information content (AvgIpc) is 2.67. The van der Waals surface area contributed by atoms with Crippen LogP contribution in [-0.2, 0) is 4.79 Å². The summed E-state index contributed by atoms with van der Waals surface area (Å²) in [4.78, 5) is 24.0. The second-order valence-electron chi connectivity index (χ2n) is 6.72. The van der Waals surface area contributed by atoms with Crippen molar-refractivity contribution in [2.45, 2.75) is 19.8 Å². The van der Waals surface area contributed by atoms with Gasteiger partial charge in [0.1, 0.15) is 5.82 Å². The molecule has 7 heteroatoms. The Hall–Kier alpha value is -3.09. The van der Waals surface area contributed by atoms with Crippen molar-refractivity contribution in [1.29, 1.82) is 0 Å². The first kappa shape index (κ1) is 21.2. The number of benzene rings is 2. The summed E-state index contributed by atoms with van der Waals surface area (Å²) < 4.78 is 24.0. The first-order valence-corrected chi connectivity index (χ1v) is 8.89. The third-order valence-electron chi connectivity index (χ3n) is 4.04. The van der Waals surface area contributed by atoms with Crippen LogP contribution in [0.25, 0.3) is 0 Å². The number of carboxylic acid groups (broad SMARTS) is 1. The van der Waals surface area contributed by atoms with E-state index in [0.717, 1.165) is 0 Å². The molecule has 0 saturated heterocycles. The van der Waals surface area contributed by atoms with Gasteiger partial charge in [0.15, 0.2) is 11.5 Å². The quantitative estimate of drug-likeness (QED) is 0.686. The fourth-order valence-electron chi connectivity index (χ4n) is 2.52. The maximum atomic E-state index is 13.1. The first-order valence-electron chi connectivity index (χ1n) is 8.89. The number of methoxy groups -OCH3 is 1. The zero-order valence-electron chi connectivity index (χ0n) is 16.1. The predicted molar refractivity (Wildman–Crippen MR) is 102 cm³/mol.